The topological polar surface area (TPSA) is 55.8 Å². The number of carboxylic acids is 1. The summed E-state index contributed by atoms with van der Waals surface area (Å²) in [6, 6.07) is 3.77. The Morgan fingerprint density at radius 3 is 2.60 bits per heavy atom. The maximum absolute atomic E-state index is 11.9. The Hall–Kier alpha value is -1.36. The van der Waals surface area contributed by atoms with Crippen LogP contribution in [0.5, 0.6) is 11.5 Å². The highest BCUT2D eigenvalue weighted by molar-refractivity contribution is 7.98. The Morgan fingerprint density at radius 2 is 1.95 bits per heavy atom. The van der Waals surface area contributed by atoms with Crippen molar-refractivity contribution in [1.82, 2.24) is 0 Å². The van der Waals surface area contributed by atoms with Crippen LogP contribution < -0.4 is 9.47 Å². The normalized spacial score (nSPS) is 19.9. The fourth-order valence-corrected chi connectivity index (χ4v) is 4.07. The van der Waals surface area contributed by atoms with Gasteiger partial charge < -0.3 is 14.6 Å². The van der Waals surface area contributed by atoms with Gasteiger partial charge in [-0.25, -0.2) is 0 Å². The summed E-state index contributed by atoms with van der Waals surface area (Å²) in [6.45, 7) is 1.06. The molecule has 1 fully saturated rings. The maximum atomic E-state index is 11.9. The molecule has 1 aromatic rings. The number of rotatable bonds is 3. The van der Waals surface area contributed by atoms with Gasteiger partial charge in [-0.3, -0.25) is 4.79 Å². The molecule has 0 spiro atoms. The van der Waals surface area contributed by atoms with Gasteiger partial charge in [-0.1, -0.05) is 18.9 Å². The van der Waals surface area contributed by atoms with E-state index in [0.29, 0.717) is 31.8 Å². The number of carbonyl (C=O) groups is 1. The van der Waals surface area contributed by atoms with Crippen LogP contribution in [0.25, 0.3) is 0 Å². The summed E-state index contributed by atoms with van der Waals surface area (Å²) in [5.41, 5.74) is 0.132. The van der Waals surface area contributed by atoms with Crippen LogP contribution in [0.4, 0.5) is 0 Å². The zero-order chi connectivity index (χ0) is 14.2. The first-order valence-corrected chi connectivity index (χ1v) is 8.12. The Bertz CT molecular complexity index is 535. The van der Waals surface area contributed by atoms with Crippen molar-refractivity contribution < 1.29 is 19.4 Å². The first-order chi connectivity index (χ1) is 9.69. The summed E-state index contributed by atoms with van der Waals surface area (Å²) < 4.78 is 11.3. The summed E-state index contributed by atoms with van der Waals surface area (Å²) in [5.74, 6) is 0.721. The molecule has 0 bridgehead atoms. The molecule has 4 nitrogen and oxygen atoms in total. The first kappa shape index (κ1) is 13.6. The molecule has 0 unspecified atom stereocenters. The van der Waals surface area contributed by atoms with E-state index in [-0.39, 0.29) is 0 Å². The van der Waals surface area contributed by atoms with Gasteiger partial charge >= 0.3 is 5.97 Å². The highest BCUT2D eigenvalue weighted by Crippen LogP contribution is 2.50. The van der Waals surface area contributed by atoms with Gasteiger partial charge in [0.05, 0.1) is 10.3 Å². The minimum atomic E-state index is -0.756. The number of aliphatic carboxylic acids is 1. The molecule has 2 aliphatic rings. The van der Waals surface area contributed by atoms with Crippen molar-refractivity contribution in [2.24, 2.45) is 0 Å². The quantitative estimate of drug-likeness (QED) is 0.868. The van der Waals surface area contributed by atoms with Crippen molar-refractivity contribution in [2.45, 2.75) is 36.0 Å². The third-order valence-corrected chi connectivity index (χ3v) is 5.06. The van der Waals surface area contributed by atoms with Crippen LogP contribution in [0, 0.1) is 0 Å². The highest BCUT2D eigenvalue weighted by atomic mass is 32.2. The minimum Gasteiger partial charge on any atom is -0.486 e. The average Bonchev–Trinajstić information content (AvgIpc) is 2.96. The third-order valence-electron chi connectivity index (χ3n) is 4.25. The summed E-state index contributed by atoms with van der Waals surface area (Å²) in [7, 11) is 0. The van der Waals surface area contributed by atoms with E-state index in [1.165, 1.54) is 0 Å². The fraction of sp³-hybridized carbons (Fsp3) is 0.533. The lowest BCUT2D eigenvalue weighted by atomic mass is 9.78. The third kappa shape index (κ3) is 1.95. The van der Waals surface area contributed by atoms with E-state index in [1.807, 2.05) is 18.4 Å². The second kappa shape index (κ2) is 5.20. The summed E-state index contributed by atoms with van der Waals surface area (Å²) in [4.78, 5) is 12.8. The Labute approximate surface area is 122 Å². The number of hydrogen-bond donors (Lipinski definition) is 1. The zero-order valence-electron chi connectivity index (χ0n) is 11.5. The molecule has 0 radical (unpaired) electrons. The number of ether oxygens (including phenoxy) is 2. The van der Waals surface area contributed by atoms with Gasteiger partial charge in [-0.15, -0.1) is 11.8 Å². The molecule has 108 valence electrons. The van der Waals surface area contributed by atoms with Crippen molar-refractivity contribution >= 4 is 17.7 Å². The van der Waals surface area contributed by atoms with E-state index in [1.54, 1.807) is 11.8 Å². The Balaban J connectivity index is 2.15. The summed E-state index contributed by atoms with van der Waals surface area (Å²) in [6.07, 6.45) is 5.30. The molecule has 1 saturated carbocycles. The Morgan fingerprint density at radius 1 is 1.25 bits per heavy atom. The van der Waals surface area contributed by atoms with Crippen LogP contribution in [0.1, 0.15) is 31.2 Å². The van der Waals surface area contributed by atoms with E-state index in [4.69, 9.17) is 9.47 Å². The van der Waals surface area contributed by atoms with Gasteiger partial charge in [-0.2, -0.15) is 0 Å². The van der Waals surface area contributed by atoms with E-state index in [2.05, 4.69) is 0 Å². The van der Waals surface area contributed by atoms with E-state index >= 15 is 0 Å². The Kier molecular flexibility index (Phi) is 3.54. The van der Waals surface area contributed by atoms with E-state index in [0.717, 1.165) is 29.1 Å². The number of hydrogen-bond acceptors (Lipinski definition) is 4. The van der Waals surface area contributed by atoms with Crippen molar-refractivity contribution in [1.29, 1.82) is 0 Å². The summed E-state index contributed by atoms with van der Waals surface area (Å²) >= 11 is 1.54. The monoisotopic (exact) mass is 294 g/mol. The van der Waals surface area contributed by atoms with E-state index in [9.17, 15) is 9.90 Å². The molecule has 0 aromatic heterocycles. The van der Waals surface area contributed by atoms with Crippen LogP contribution >= 0.6 is 11.8 Å². The van der Waals surface area contributed by atoms with Crippen LogP contribution in [-0.2, 0) is 10.2 Å². The van der Waals surface area contributed by atoms with Crippen LogP contribution in [0.3, 0.4) is 0 Å². The smallest absolute Gasteiger partial charge is 0.314 e. The molecule has 0 saturated heterocycles. The lowest BCUT2D eigenvalue weighted by molar-refractivity contribution is -0.143. The number of thioether (sulfide) groups is 1. The summed E-state index contributed by atoms with van der Waals surface area (Å²) in [5, 5.41) is 9.76. The SMILES string of the molecule is CSc1c(C2(C(=O)O)CCCC2)ccc2c1OCCO2. The average molecular weight is 294 g/mol. The standard InChI is InChI=1S/C15H18O4S/c1-20-13-10(15(14(16)17)6-2-3-7-15)4-5-11-12(13)19-9-8-18-11/h4-5H,2-3,6-9H2,1H3,(H,16,17). The van der Waals surface area contributed by atoms with Gasteiger partial charge in [0.1, 0.15) is 13.2 Å². The van der Waals surface area contributed by atoms with Gasteiger partial charge in [0.15, 0.2) is 11.5 Å². The second-order valence-corrected chi connectivity index (χ2v) is 6.08. The molecule has 1 aromatic carbocycles. The zero-order valence-corrected chi connectivity index (χ0v) is 12.3. The van der Waals surface area contributed by atoms with Crippen LogP contribution in [0.2, 0.25) is 0 Å². The van der Waals surface area contributed by atoms with Gasteiger partial charge in [0, 0.05) is 0 Å². The molecule has 0 amide bonds. The van der Waals surface area contributed by atoms with Gasteiger partial charge in [0.2, 0.25) is 0 Å². The lowest BCUT2D eigenvalue weighted by Crippen LogP contribution is -2.33. The second-order valence-electron chi connectivity index (χ2n) is 5.26. The predicted molar refractivity (Wildman–Crippen MR) is 77.0 cm³/mol. The fourth-order valence-electron chi connectivity index (χ4n) is 3.25. The molecule has 3 rings (SSSR count). The molecular weight excluding hydrogens is 276 g/mol. The highest BCUT2D eigenvalue weighted by Gasteiger charge is 2.45. The van der Waals surface area contributed by atoms with Crippen molar-refractivity contribution in [3.8, 4) is 11.5 Å². The van der Waals surface area contributed by atoms with Crippen LogP contribution in [0.15, 0.2) is 17.0 Å². The minimum absolute atomic E-state index is 0.518. The van der Waals surface area contributed by atoms with E-state index < -0.39 is 11.4 Å². The molecule has 0 atom stereocenters. The molecule has 20 heavy (non-hydrogen) atoms. The molecule has 1 N–H and O–H groups in total. The number of carboxylic acid groups (broad SMARTS) is 1. The largest absolute Gasteiger partial charge is 0.486 e. The molecule has 5 heteroatoms. The lowest BCUT2D eigenvalue weighted by Gasteiger charge is -2.29. The van der Waals surface area contributed by atoms with Gasteiger partial charge in [0.25, 0.3) is 0 Å². The molecule has 1 aliphatic heterocycles. The van der Waals surface area contributed by atoms with Gasteiger partial charge in [-0.05, 0) is 30.7 Å². The number of fused-ring (bicyclic) bond motifs is 1. The molecular formula is C15H18O4S. The first-order valence-electron chi connectivity index (χ1n) is 6.89. The predicted octanol–water partition coefficient (Wildman–Crippen LogP) is 3.08. The van der Waals surface area contributed by atoms with Crippen LogP contribution in [-0.4, -0.2) is 30.5 Å². The molecule has 1 heterocycles. The number of benzene rings is 1. The van der Waals surface area contributed by atoms with Crippen molar-refractivity contribution in [3.63, 3.8) is 0 Å². The van der Waals surface area contributed by atoms with Crippen molar-refractivity contribution in [2.75, 3.05) is 19.5 Å². The maximum Gasteiger partial charge on any atom is 0.314 e. The molecule has 1 aliphatic carbocycles. The van der Waals surface area contributed by atoms with Crippen molar-refractivity contribution in [3.05, 3.63) is 17.7 Å².